The van der Waals surface area contributed by atoms with E-state index in [-0.39, 0.29) is 5.54 Å². The number of fused-ring (bicyclic) bond motifs is 1. The van der Waals surface area contributed by atoms with Gasteiger partial charge in [-0.1, -0.05) is 54.6 Å². The van der Waals surface area contributed by atoms with Gasteiger partial charge in [-0.25, -0.2) is 4.98 Å². The molecule has 0 amide bonds. The maximum Gasteiger partial charge on any atom is 0.204 e. The van der Waals surface area contributed by atoms with Gasteiger partial charge in [0.1, 0.15) is 0 Å². The summed E-state index contributed by atoms with van der Waals surface area (Å²) in [5, 5.41) is 4.23. The van der Waals surface area contributed by atoms with Gasteiger partial charge in [0.05, 0.1) is 34.9 Å². The van der Waals surface area contributed by atoms with Crippen LogP contribution >= 0.6 is 0 Å². The van der Waals surface area contributed by atoms with Gasteiger partial charge in [-0.05, 0) is 42.5 Å². The number of aromatic nitrogens is 4. The largest absolute Gasteiger partial charge is 0.321 e. The topological polar surface area (TPSA) is 71.5 Å². The van der Waals surface area contributed by atoms with Crippen LogP contribution in [0.5, 0.6) is 0 Å². The van der Waals surface area contributed by atoms with Crippen molar-refractivity contribution in [2.45, 2.75) is 24.8 Å². The first-order valence-electron chi connectivity index (χ1n) is 11.4. The number of hydrogen-bond donors (Lipinski definition) is 2. The molecule has 0 atom stereocenters. The summed E-state index contributed by atoms with van der Waals surface area (Å²) in [6, 6.07) is 23.4. The fourth-order valence-corrected chi connectivity index (χ4v) is 4.69. The molecule has 33 heavy (non-hydrogen) atoms. The van der Waals surface area contributed by atoms with Gasteiger partial charge in [0.2, 0.25) is 6.20 Å². The number of benzene rings is 2. The molecule has 0 unspecified atom stereocenters. The second kappa shape index (κ2) is 7.64. The summed E-state index contributed by atoms with van der Waals surface area (Å²) in [5.41, 5.74) is 14.8. The molecule has 0 radical (unpaired) electrons. The van der Waals surface area contributed by atoms with Crippen LogP contribution in [0.3, 0.4) is 0 Å². The number of rotatable bonds is 4. The highest BCUT2D eigenvalue weighted by Gasteiger charge is 2.34. The van der Waals surface area contributed by atoms with Crippen LogP contribution in [-0.2, 0) is 12.6 Å². The Kier molecular flexibility index (Phi) is 4.59. The number of nitrogens with zero attached hydrogens (tertiary/aromatic N) is 3. The van der Waals surface area contributed by atoms with Crippen LogP contribution in [0.2, 0.25) is 0 Å². The summed E-state index contributed by atoms with van der Waals surface area (Å²) in [5.74, 6) is 0. The lowest BCUT2D eigenvalue weighted by Gasteiger charge is -2.38. The Labute approximate surface area is 192 Å². The van der Waals surface area contributed by atoms with Crippen molar-refractivity contribution in [1.29, 1.82) is 0 Å². The van der Waals surface area contributed by atoms with E-state index in [1.165, 1.54) is 12.0 Å². The van der Waals surface area contributed by atoms with Crippen LogP contribution in [0.25, 0.3) is 44.5 Å². The van der Waals surface area contributed by atoms with E-state index in [0.29, 0.717) is 0 Å². The van der Waals surface area contributed by atoms with Gasteiger partial charge < -0.3 is 5.73 Å². The number of H-pyrrole nitrogens is 1. The third-order valence-corrected chi connectivity index (χ3v) is 6.82. The lowest BCUT2D eigenvalue weighted by atomic mass is 9.72. The molecule has 6 rings (SSSR count). The second-order valence-corrected chi connectivity index (χ2v) is 9.07. The van der Waals surface area contributed by atoms with Crippen LogP contribution < -0.4 is 10.4 Å². The third kappa shape index (κ3) is 3.51. The summed E-state index contributed by atoms with van der Waals surface area (Å²) in [4.78, 5) is 9.76. The monoisotopic (exact) mass is 432 g/mol. The van der Waals surface area contributed by atoms with E-state index in [1.54, 1.807) is 0 Å². The molecule has 3 heterocycles. The first-order valence-corrected chi connectivity index (χ1v) is 11.4. The first-order chi connectivity index (χ1) is 16.1. The van der Waals surface area contributed by atoms with E-state index >= 15 is 0 Å². The predicted molar refractivity (Wildman–Crippen MR) is 131 cm³/mol. The fraction of sp³-hybridized carbons (Fsp3) is 0.179. The van der Waals surface area contributed by atoms with Crippen molar-refractivity contribution in [3.8, 4) is 33.6 Å². The van der Waals surface area contributed by atoms with Crippen LogP contribution in [0, 0.1) is 0 Å². The van der Waals surface area contributed by atoms with Gasteiger partial charge in [0.25, 0.3) is 0 Å². The summed E-state index contributed by atoms with van der Waals surface area (Å²) in [7, 11) is 1.97. The highest BCUT2D eigenvalue weighted by atomic mass is 15.2. The van der Waals surface area contributed by atoms with Crippen molar-refractivity contribution < 1.29 is 4.68 Å². The molecule has 0 bridgehead atoms. The normalized spacial score (nSPS) is 14.8. The Morgan fingerprint density at radius 1 is 0.939 bits per heavy atom. The summed E-state index contributed by atoms with van der Waals surface area (Å²) >= 11 is 0. The third-order valence-electron chi connectivity index (χ3n) is 6.82. The average molecular weight is 433 g/mol. The first kappa shape index (κ1) is 19.8. The second-order valence-electron chi connectivity index (χ2n) is 9.07. The van der Waals surface area contributed by atoms with Crippen LogP contribution in [-0.4, -0.2) is 15.1 Å². The van der Waals surface area contributed by atoms with Crippen molar-refractivity contribution >= 4 is 10.9 Å². The Morgan fingerprint density at radius 2 is 1.73 bits per heavy atom. The Bertz CT molecular complexity index is 1450. The zero-order valence-corrected chi connectivity index (χ0v) is 18.6. The van der Waals surface area contributed by atoms with Crippen molar-refractivity contribution in [1.82, 2.24) is 15.1 Å². The Hall–Kier alpha value is -3.83. The smallest absolute Gasteiger partial charge is 0.204 e. The van der Waals surface area contributed by atoms with Gasteiger partial charge >= 0.3 is 0 Å². The summed E-state index contributed by atoms with van der Waals surface area (Å²) < 4.78 is 1.91. The number of aryl methyl sites for hydroxylation is 1. The molecule has 3 N–H and O–H groups in total. The molecule has 1 fully saturated rings. The minimum atomic E-state index is -0.160. The van der Waals surface area contributed by atoms with Gasteiger partial charge in [0.15, 0.2) is 7.05 Å². The standard InChI is InChI=1S/C28H25N5/c1-33-18-22(16-31-33)25-15-21-14-24(19-6-3-2-4-7-19)27(32-26(21)17-30-25)20-8-10-23(11-9-20)28(29)12-5-13-28/h2-4,6-11,14-18H,5,12-13,29H2,1H3/p+1. The van der Waals surface area contributed by atoms with E-state index < -0.39 is 0 Å². The molecule has 5 heteroatoms. The van der Waals surface area contributed by atoms with Crippen LogP contribution in [0.1, 0.15) is 24.8 Å². The molecule has 0 aliphatic heterocycles. The Morgan fingerprint density at radius 3 is 2.39 bits per heavy atom. The zero-order valence-electron chi connectivity index (χ0n) is 18.6. The fourth-order valence-electron chi connectivity index (χ4n) is 4.69. The molecule has 3 aromatic heterocycles. The number of aromatic amines is 1. The molecule has 0 spiro atoms. The molecule has 162 valence electrons. The molecular formula is C28H26N5+. The van der Waals surface area contributed by atoms with E-state index in [2.05, 4.69) is 70.7 Å². The minimum Gasteiger partial charge on any atom is -0.321 e. The van der Waals surface area contributed by atoms with E-state index in [0.717, 1.165) is 57.4 Å². The summed E-state index contributed by atoms with van der Waals surface area (Å²) in [6.45, 7) is 0. The lowest BCUT2D eigenvalue weighted by Crippen LogP contribution is -2.43. The van der Waals surface area contributed by atoms with Gasteiger partial charge in [0, 0.05) is 22.1 Å². The lowest BCUT2D eigenvalue weighted by molar-refractivity contribution is -0.726. The quantitative estimate of drug-likeness (QED) is 0.387. The molecule has 5 aromatic rings. The number of nitrogens with one attached hydrogen (secondary N) is 1. The van der Waals surface area contributed by atoms with Gasteiger partial charge in [-0.2, -0.15) is 5.10 Å². The molecular weight excluding hydrogens is 406 g/mol. The number of pyridine rings is 2. The maximum atomic E-state index is 6.54. The maximum absolute atomic E-state index is 6.54. The molecule has 5 nitrogen and oxygen atoms in total. The molecule has 0 saturated heterocycles. The highest BCUT2D eigenvalue weighted by molar-refractivity contribution is 5.92. The Balaban J connectivity index is 1.50. The predicted octanol–water partition coefficient (Wildman–Crippen LogP) is 5.12. The van der Waals surface area contributed by atoms with Crippen LogP contribution in [0.4, 0.5) is 0 Å². The summed E-state index contributed by atoms with van der Waals surface area (Å²) in [6.07, 6.45) is 9.18. The van der Waals surface area contributed by atoms with Crippen molar-refractivity contribution in [3.63, 3.8) is 0 Å². The number of hydrogen-bond acceptors (Lipinski definition) is 3. The van der Waals surface area contributed by atoms with E-state index in [1.807, 2.05) is 36.4 Å². The molecule has 1 aliphatic carbocycles. The zero-order chi connectivity index (χ0) is 22.4. The van der Waals surface area contributed by atoms with E-state index in [4.69, 9.17) is 10.7 Å². The SMILES string of the molecule is C[n+]1cc(-c2cc3cc(-c4ccccc4)c(-c4ccc(C5(N)CCC5)cc4)nc3cn2)c[nH]1. The van der Waals surface area contributed by atoms with Crippen LogP contribution in [0.15, 0.2) is 85.3 Å². The molecule has 1 saturated carbocycles. The molecule has 1 aliphatic rings. The van der Waals surface area contributed by atoms with Gasteiger partial charge in [-0.3, -0.25) is 4.98 Å². The van der Waals surface area contributed by atoms with Crippen molar-refractivity contribution in [2.24, 2.45) is 12.8 Å². The average Bonchev–Trinajstić information content (AvgIpc) is 3.28. The molecule has 2 aromatic carbocycles. The van der Waals surface area contributed by atoms with E-state index in [9.17, 15) is 0 Å². The van der Waals surface area contributed by atoms with Crippen molar-refractivity contribution in [3.05, 3.63) is 90.9 Å². The minimum absolute atomic E-state index is 0.160. The van der Waals surface area contributed by atoms with Crippen molar-refractivity contribution in [2.75, 3.05) is 0 Å². The highest BCUT2D eigenvalue weighted by Crippen LogP contribution is 2.40. The van der Waals surface area contributed by atoms with Gasteiger partial charge in [-0.15, -0.1) is 4.68 Å². The number of nitrogens with two attached hydrogens (primary N) is 1.